The third kappa shape index (κ3) is 2.73. The second-order valence-electron chi connectivity index (χ2n) is 5.39. The maximum atomic E-state index is 13.4. The molecule has 0 atom stereocenters. The maximum Gasteiger partial charge on any atom is 0.334 e. The second kappa shape index (κ2) is 6.72. The van der Waals surface area contributed by atoms with Crippen molar-refractivity contribution < 1.29 is 4.39 Å². The van der Waals surface area contributed by atoms with Crippen LogP contribution >= 0.6 is 11.3 Å². The number of aryl methyl sites for hydroxylation is 1. The van der Waals surface area contributed by atoms with Gasteiger partial charge in [-0.3, -0.25) is 13.9 Å². The minimum absolute atomic E-state index is 0.319. The number of halogens is 1. The Morgan fingerprint density at radius 3 is 2.59 bits per heavy atom. The van der Waals surface area contributed by atoms with Gasteiger partial charge in [-0.2, -0.15) is 0 Å². The van der Waals surface area contributed by atoms with Gasteiger partial charge in [-0.15, -0.1) is 11.3 Å². The van der Waals surface area contributed by atoms with Crippen molar-refractivity contribution in [2.45, 2.75) is 40.2 Å². The predicted octanol–water partition coefficient (Wildman–Crippen LogP) is 1.09. The molecule has 0 saturated carbocycles. The van der Waals surface area contributed by atoms with Crippen LogP contribution in [0.1, 0.15) is 30.3 Å². The molecule has 0 aromatic carbocycles. The number of hydrogen-bond acceptors (Lipinski definition) is 5. The Morgan fingerprint density at radius 2 is 2.05 bits per heavy atom. The average molecular weight is 328 g/mol. The number of hydrogen-bond donors (Lipinski definition) is 2. The molecule has 0 amide bonds. The van der Waals surface area contributed by atoms with Gasteiger partial charge in [-0.1, -0.05) is 0 Å². The van der Waals surface area contributed by atoms with E-state index < -0.39 is 12.5 Å². The molecule has 22 heavy (non-hydrogen) atoms. The number of nitrogens with zero attached hydrogens (tertiary/aromatic N) is 2. The quantitative estimate of drug-likeness (QED) is 0.778. The zero-order valence-corrected chi connectivity index (χ0v) is 13.8. The summed E-state index contributed by atoms with van der Waals surface area (Å²) in [6.07, 6.45) is 0. The summed E-state index contributed by atoms with van der Waals surface area (Å²) in [5.74, 6) is 0. The lowest BCUT2D eigenvalue weighted by Crippen LogP contribution is -2.40. The fourth-order valence-corrected chi connectivity index (χ4v) is 3.69. The zero-order valence-electron chi connectivity index (χ0n) is 13.0. The zero-order chi connectivity index (χ0) is 16.4. The summed E-state index contributed by atoms with van der Waals surface area (Å²) >= 11 is 1.28. The third-order valence-electron chi connectivity index (χ3n) is 3.58. The molecule has 0 saturated heterocycles. The van der Waals surface area contributed by atoms with Crippen LogP contribution in [0.15, 0.2) is 9.59 Å². The highest BCUT2D eigenvalue weighted by Gasteiger charge is 2.20. The fourth-order valence-electron chi connectivity index (χ4n) is 2.44. The van der Waals surface area contributed by atoms with E-state index in [0.717, 1.165) is 19.6 Å². The Labute approximate surface area is 131 Å². The number of aromatic nitrogens is 2. The first-order chi connectivity index (χ1) is 10.4. The van der Waals surface area contributed by atoms with Gasteiger partial charge in [0.05, 0.1) is 5.39 Å². The van der Waals surface area contributed by atoms with E-state index in [4.69, 9.17) is 5.73 Å². The van der Waals surface area contributed by atoms with E-state index in [1.54, 1.807) is 13.8 Å². The van der Waals surface area contributed by atoms with Crippen molar-refractivity contribution >= 4 is 21.6 Å². The van der Waals surface area contributed by atoms with E-state index >= 15 is 0 Å². The van der Waals surface area contributed by atoms with Gasteiger partial charge < -0.3 is 11.1 Å². The lowest BCUT2D eigenvalue weighted by atomic mass is 10.2. The minimum atomic E-state index is -0.946. The highest BCUT2D eigenvalue weighted by Crippen LogP contribution is 2.28. The van der Waals surface area contributed by atoms with Crippen LogP contribution in [0.2, 0.25) is 0 Å². The van der Waals surface area contributed by atoms with Gasteiger partial charge in [0.1, 0.15) is 4.83 Å². The SMILES string of the molecule is Cc1c(CNCCN)sc2c1c(=O)n(C(C)C)c(=O)n2CF. The van der Waals surface area contributed by atoms with E-state index in [0.29, 0.717) is 29.9 Å². The van der Waals surface area contributed by atoms with Crippen molar-refractivity contribution in [2.75, 3.05) is 13.1 Å². The lowest BCUT2D eigenvalue weighted by molar-refractivity contribution is 0.361. The molecule has 3 N–H and O–H groups in total. The number of nitrogens with two attached hydrogens (primary N) is 1. The average Bonchev–Trinajstić information content (AvgIpc) is 2.77. The van der Waals surface area contributed by atoms with Gasteiger partial charge in [-0.25, -0.2) is 9.18 Å². The highest BCUT2D eigenvalue weighted by molar-refractivity contribution is 7.18. The summed E-state index contributed by atoms with van der Waals surface area (Å²) in [6.45, 7) is 6.07. The molecule has 8 heteroatoms. The number of alkyl halides is 1. The molecule has 6 nitrogen and oxygen atoms in total. The molecule has 0 spiro atoms. The summed E-state index contributed by atoms with van der Waals surface area (Å²) < 4.78 is 15.5. The minimum Gasteiger partial charge on any atom is -0.329 e. The topological polar surface area (TPSA) is 82.1 Å². The highest BCUT2D eigenvalue weighted by atomic mass is 32.1. The number of rotatable bonds is 6. The van der Waals surface area contributed by atoms with Crippen LogP contribution < -0.4 is 22.3 Å². The number of thiophene rings is 1. The Kier molecular flexibility index (Phi) is 5.15. The maximum absolute atomic E-state index is 13.4. The molecule has 0 aliphatic rings. The van der Waals surface area contributed by atoms with Crippen LogP contribution in [0.5, 0.6) is 0 Å². The van der Waals surface area contributed by atoms with Crippen molar-refractivity contribution in [3.05, 3.63) is 31.3 Å². The molecule has 2 aromatic heterocycles. The molecule has 2 heterocycles. The van der Waals surface area contributed by atoms with E-state index in [1.165, 1.54) is 11.3 Å². The van der Waals surface area contributed by atoms with Gasteiger partial charge in [0.2, 0.25) is 0 Å². The molecule has 122 valence electrons. The van der Waals surface area contributed by atoms with Crippen LogP contribution in [-0.4, -0.2) is 22.2 Å². The summed E-state index contributed by atoms with van der Waals surface area (Å²) in [6, 6.07) is -0.319. The molecule has 0 fully saturated rings. The molecule has 0 unspecified atom stereocenters. The normalized spacial score (nSPS) is 11.7. The van der Waals surface area contributed by atoms with E-state index in [9.17, 15) is 14.0 Å². The van der Waals surface area contributed by atoms with Gasteiger partial charge >= 0.3 is 5.69 Å². The van der Waals surface area contributed by atoms with Crippen molar-refractivity contribution in [2.24, 2.45) is 5.73 Å². The Hall–Kier alpha value is -1.51. The molecule has 0 aliphatic carbocycles. The molecular weight excluding hydrogens is 307 g/mol. The second-order valence-corrected chi connectivity index (χ2v) is 6.48. The number of nitrogens with one attached hydrogen (secondary N) is 1. The van der Waals surface area contributed by atoms with Crippen molar-refractivity contribution in [3.8, 4) is 0 Å². The van der Waals surface area contributed by atoms with Gasteiger partial charge in [-0.05, 0) is 26.3 Å². The monoisotopic (exact) mass is 328 g/mol. The Balaban J connectivity index is 2.73. The first-order valence-electron chi connectivity index (χ1n) is 7.18. The molecule has 0 bridgehead atoms. The fraction of sp³-hybridized carbons (Fsp3) is 0.571. The predicted molar refractivity (Wildman–Crippen MR) is 87.3 cm³/mol. The van der Waals surface area contributed by atoms with Crippen LogP contribution in [0.3, 0.4) is 0 Å². The standard InChI is InChI=1S/C14H21FN4O2S/c1-8(2)19-12(20)11-9(3)10(6-17-5-4-16)22-13(11)18(7-15)14(19)21/h8,17H,4-7,16H2,1-3H3. The van der Waals surface area contributed by atoms with Crippen molar-refractivity contribution in [1.29, 1.82) is 0 Å². The van der Waals surface area contributed by atoms with Crippen molar-refractivity contribution in [3.63, 3.8) is 0 Å². The van der Waals surface area contributed by atoms with Crippen LogP contribution in [0, 0.1) is 6.92 Å². The molecular formula is C14H21FN4O2S. The summed E-state index contributed by atoms with van der Waals surface area (Å²) in [5, 5.41) is 3.59. The Morgan fingerprint density at radius 1 is 1.36 bits per heavy atom. The van der Waals surface area contributed by atoms with Crippen LogP contribution in [0.25, 0.3) is 10.2 Å². The summed E-state index contributed by atoms with van der Waals surface area (Å²) in [4.78, 5) is 26.3. The van der Waals surface area contributed by atoms with Gasteiger partial charge in [0, 0.05) is 30.6 Å². The Bertz CT molecular complexity index is 791. The summed E-state index contributed by atoms with van der Waals surface area (Å²) in [7, 11) is 0. The first-order valence-corrected chi connectivity index (χ1v) is 7.99. The largest absolute Gasteiger partial charge is 0.334 e. The van der Waals surface area contributed by atoms with E-state index in [2.05, 4.69) is 5.32 Å². The number of fused-ring (bicyclic) bond motifs is 1. The van der Waals surface area contributed by atoms with E-state index in [-0.39, 0.29) is 11.6 Å². The van der Waals surface area contributed by atoms with Crippen LogP contribution in [-0.2, 0) is 13.3 Å². The van der Waals surface area contributed by atoms with Gasteiger partial charge in [0.25, 0.3) is 5.56 Å². The molecule has 2 aromatic rings. The van der Waals surface area contributed by atoms with Gasteiger partial charge in [0.15, 0.2) is 6.80 Å². The molecule has 2 rings (SSSR count). The first kappa shape index (κ1) is 16.9. The third-order valence-corrected chi connectivity index (χ3v) is 4.90. The molecule has 0 aliphatic heterocycles. The van der Waals surface area contributed by atoms with Crippen molar-refractivity contribution in [1.82, 2.24) is 14.5 Å². The summed E-state index contributed by atoms with van der Waals surface area (Å²) in [5.41, 5.74) is 5.29. The van der Waals surface area contributed by atoms with Crippen LogP contribution in [0.4, 0.5) is 4.39 Å². The van der Waals surface area contributed by atoms with E-state index in [1.807, 2.05) is 6.92 Å². The lowest BCUT2D eigenvalue weighted by Gasteiger charge is -2.12. The molecule has 0 radical (unpaired) electrons. The smallest absolute Gasteiger partial charge is 0.329 e.